The number of carbonyl (C=O) groups is 2. The van der Waals surface area contributed by atoms with Crippen molar-refractivity contribution in [2.45, 2.75) is 64.0 Å². The lowest BCUT2D eigenvalue weighted by atomic mass is 9.49. The molecule has 4 bridgehead atoms. The molecule has 140 valence electrons. The van der Waals surface area contributed by atoms with Crippen LogP contribution >= 0.6 is 0 Å². The van der Waals surface area contributed by atoms with Crippen molar-refractivity contribution < 1.29 is 14.0 Å². The summed E-state index contributed by atoms with van der Waals surface area (Å²) in [5.74, 6) is 3.25. The SMILES string of the molecule is O=C(NCc1ccco1)C1CCCN1C(=O)C12CC3CC(CC(C3)C1)C2. The summed E-state index contributed by atoms with van der Waals surface area (Å²) in [6.07, 6.45) is 10.5. The number of hydrogen-bond acceptors (Lipinski definition) is 3. The predicted molar refractivity (Wildman–Crippen MR) is 95.9 cm³/mol. The lowest BCUT2D eigenvalue weighted by Gasteiger charge is -2.56. The van der Waals surface area contributed by atoms with Gasteiger partial charge in [-0.05, 0) is 81.3 Å². The smallest absolute Gasteiger partial charge is 0.243 e. The fourth-order valence-corrected chi connectivity index (χ4v) is 6.66. The van der Waals surface area contributed by atoms with Crippen molar-refractivity contribution >= 4 is 11.8 Å². The summed E-state index contributed by atoms with van der Waals surface area (Å²) in [7, 11) is 0. The number of amides is 2. The third kappa shape index (κ3) is 2.67. The van der Waals surface area contributed by atoms with Crippen LogP contribution in [0.25, 0.3) is 0 Å². The summed E-state index contributed by atoms with van der Waals surface area (Å²) in [5, 5.41) is 2.96. The van der Waals surface area contributed by atoms with Crippen molar-refractivity contribution in [2.75, 3.05) is 6.54 Å². The summed E-state index contributed by atoms with van der Waals surface area (Å²) in [6.45, 7) is 1.13. The second-order valence-corrected chi connectivity index (χ2v) is 9.15. The molecule has 1 N–H and O–H groups in total. The molecule has 1 aromatic heterocycles. The van der Waals surface area contributed by atoms with Gasteiger partial charge in [-0.1, -0.05) is 0 Å². The summed E-state index contributed by atoms with van der Waals surface area (Å²) in [4.78, 5) is 28.2. The number of likely N-dealkylation sites (tertiary alicyclic amines) is 1. The van der Waals surface area contributed by atoms with Crippen LogP contribution in [0.3, 0.4) is 0 Å². The van der Waals surface area contributed by atoms with E-state index in [1.807, 2.05) is 17.0 Å². The molecule has 4 saturated carbocycles. The van der Waals surface area contributed by atoms with Crippen LogP contribution in [0.1, 0.15) is 57.1 Å². The number of hydrogen-bond donors (Lipinski definition) is 1. The van der Waals surface area contributed by atoms with Crippen LogP contribution in [0.2, 0.25) is 0 Å². The Morgan fingerprint density at radius 3 is 2.46 bits per heavy atom. The average Bonchev–Trinajstić information content (AvgIpc) is 3.29. The summed E-state index contributed by atoms with van der Waals surface area (Å²) >= 11 is 0. The molecule has 1 saturated heterocycles. The molecule has 26 heavy (non-hydrogen) atoms. The Bertz CT molecular complexity index is 661. The zero-order chi connectivity index (χ0) is 17.7. The Labute approximate surface area is 154 Å². The van der Waals surface area contributed by atoms with Crippen molar-refractivity contribution in [3.8, 4) is 0 Å². The zero-order valence-electron chi connectivity index (χ0n) is 15.3. The third-order valence-corrected chi connectivity index (χ3v) is 7.33. The van der Waals surface area contributed by atoms with Gasteiger partial charge in [0.15, 0.2) is 0 Å². The molecular weight excluding hydrogens is 328 g/mol. The molecular formula is C21H28N2O3. The molecule has 5 heteroatoms. The minimum absolute atomic E-state index is 0.0306. The topological polar surface area (TPSA) is 62.6 Å². The van der Waals surface area contributed by atoms with Gasteiger partial charge >= 0.3 is 0 Å². The molecule has 0 radical (unpaired) electrons. The molecule has 2 heterocycles. The van der Waals surface area contributed by atoms with Crippen LogP contribution in [0, 0.1) is 23.2 Å². The lowest BCUT2D eigenvalue weighted by Crippen LogP contribution is -2.57. The number of furan rings is 1. The molecule has 1 aromatic rings. The lowest BCUT2D eigenvalue weighted by molar-refractivity contribution is -0.160. The maximum atomic E-state index is 13.6. The Hall–Kier alpha value is -1.78. The number of rotatable bonds is 4. The predicted octanol–water partition coefficient (Wildman–Crippen LogP) is 3.10. The normalized spacial score (nSPS) is 37.9. The van der Waals surface area contributed by atoms with E-state index < -0.39 is 0 Å². The third-order valence-electron chi connectivity index (χ3n) is 7.33. The van der Waals surface area contributed by atoms with Gasteiger partial charge < -0.3 is 14.6 Å². The van der Waals surface area contributed by atoms with Gasteiger partial charge in [0.25, 0.3) is 0 Å². The van der Waals surface area contributed by atoms with Crippen LogP contribution in [0.5, 0.6) is 0 Å². The minimum Gasteiger partial charge on any atom is -0.467 e. The number of carbonyl (C=O) groups excluding carboxylic acids is 2. The van der Waals surface area contributed by atoms with Crippen molar-refractivity contribution in [1.29, 1.82) is 0 Å². The Morgan fingerprint density at radius 1 is 1.15 bits per heavy atom. The quantitative estimate of drug-likeness (QED) is 0.902. The van der Waals surface area contributed by atoms with Gasteiger partial charge in [-0.2, -0.15) is 0 Å². The van der Waals surface area contributed by atoms with E-state index in [2.05, 4.69) is 5.32 Å². The zero-order valence-corrected chi connectivity index (χ0v) is 15.3. The summed E-state index contributed by atoms with van der Waals surface area (Å²) < 4.78 is 5.29. The Balaban J connectivity index is 1.29. The maximum Gasteiger partial charge on any atom is 0.243 e. The minimum atomic E-state index is -0.300. The highest BCUT2D eigenvalue weighted by Gasteiger charge is 2.56. The van der Waals surface area contributed by atoms with E-state index in [0.717, 1.165) is 62.2 Å². The first-order valence-electron chi connectivity index (χ1n) is 10.2. The molecule has 5 aliphatic rings. The van der Waals surface area contributed by atoms with Crippen molar-refractivity contribution in [3.63, 3.8) is 0 Å². The fourth-order valence-electron chi connectivity index (χ4n) is 6.66. The van der Waals surface area contributed by atoms with E-state index in [1.54, 1.807) is 6.26 Å². The molecule has 5 fully saturated rings. The molecule has 4 aliphatic carbocycles. The van der Waals surface area contributed by atoms with Gasteiger partial charge in [-0.25, -0.2) is 0 Å². The van der Waals surface area contributed by atoms with Crippen molar-refractivity contribution in [2.24, 2.45) is 23.2 Å². The molecule has 2 amide bonds. The van der Waals surface area contributed by atoms with Gasteiger partial charge in [-0.3, -0.25) is 9.59 Å². The molecule has 0 spiro atoms. The second kappa shape index (κ2) is 6.14. The molecule has 0 aromatic carbocycles. The largest absolute Gasteiger partial charge is 0.467 e. The highest BCUT2D eigenvalue weighted by atomic mass is 16.3. The fraction of sp³-hybridized carbons (Fsp3) is 0.714. The number of nitrogens with zero attached hydrogens (tertiary/aromatic N) is 1. The standard InChI is InChI=1S/C21H28N2O3/c24-19(22-13-17-3-2-6-26-17)18-4-1-5-23(18)20(25)21-10-14-7-15(11-21)9-16(8-14)12-21/h2-3,6,14-16,18H,1,4-5,7-13H2,(H,22,24). The van der Waals surface area contributed by atoms with Gasteiger partial charge in [0.2, 0.25) is 11.8 Å². The number of nitrogens with one attached hydrogen (secondary N) is 1. The van der Waals surface area contributed by atoms with E-state index in [-0.39, 0.29) is 23.3 Å². The summed E-state index contributed by atoms with van der Waals surface area (Å²) in [5.41, 5.74) is -0.154. The van der Waals surface area contributed by atoms with Crippen LogP contribution in [0.4, 0.5) is 0 Å². The molecule has 1 unspecified atom stereocenters. The van der Waals surface area contributed by atoms with Crippen LogP contribution in [-0.4, -0.2) is 29.3 Å². The van der Waals surface area contributed by atoms with E-state index in [1.165, 1.54) is 19.3 Å². The average molecular weight is 356 g/mol. The first kappa shape index (κ1) is 16.4. The maximum absolute atomic E-state index is 13.6. The van der Waals surface area contributed by atoms with Crippen molar-refractivity contribution in [3.05, 3.63) is 24.2 Å². The van der Waals surface area contributed by atoms with Crippen LogP contribution in [-0.2, 0) is 16.1 Å². The first-order chi connectivity index (χ1) is 12.6. The first-order valence-corrected chi connectivity index (χ1v) is 10.2. The highest BCUT2D eigenvalue weighted by Crippen LogP contribution is 2.60. The Kier molecular flexibility index (Phi) is 3.87. The van der Waals surface area contributed by atoms with E-state index in [4.69, 9.17) is 4.42 Å². The van der Waals surface area contributed by atoms with Gasteiger partial charge in [-0.15, -0.1) is 0 Å². The van der Waals surface area contributed by atoms with Gasteiger partial charge in [0.05, 0.1) is 18.2 Å². The molecule has 6 rings (SSSR count). The van der Waals surface area contributed by atoms with E-state index in [9.17, 15) is 9.59 Å². The van der Waals surface area contributed by atoms with E-state index >= 15 is 0 Å². The highest BCUT2D eigenvalue weighted by molar-refractivity contribution is 5.91. The summed E-state index contributed by atoms with van der Waals surface area (Å²) in [6, 6.07) is 3.37. The Morgan fingerprint density at radius 2 is 1.85 bits per heavy atom. The second-order valence-electron chi connectivity index (χ2n) is 9.15. The molecule has 5 nitrogen and oxygen atoms in total. The van der Waals surface area contributed by atoms with Gasteiger partial charge in [0.1, 0.15) is 11.8 Å². The van der Waals surface area contributed by atoms with Crippen LogP contribution < -0.4 is 5.32 Å². The van der Waals surface area contributed by atoms with Gasteiger partial charge in [0, 0.05) is 6.54 Å². The van der Waals surface area contributed by atoms with Crippen LogP contribution in [0.15, 0.2) is 22.8 Å². The molecule has 1 aliphatic heterocycles. The monoisotopic (exact) mass is 356 g/mol. The molecule has 1 atom stereocenters. The van der Waals surface area contributed by atoms with E-state index in [0.29, 0.717) is 6.54 Å². The van der Waals surface area contributed by atoms with Crippen molar-refractivity contribution in [1.82, 2.24) is 10.2 Å².